The zero-order chi connectivity index (χ0) is 12.7. The predicted octanol–water partition coefficient (Wildman–Crippen LogP) is 2.61. The second-order valence-electron chi connectivity index (χ2n) is 3.98. The van der Waals surface area contributed by atoms with Crippen molar-refractivity contribution in [3.63, 3.8) is 0 Å². The molecule has 0 bridgehead atoms. The zero-order valence-electron chi connectivity index (χ0n) is 10.1. The van der Waals surface area contributed by atoms with E-state index in [0.29, 0.717) is 30.6 Å². The van der Waals surface area contributed by atoms with Gasteiger partial charge in [-0.2, -0.15) is 0 Å². The molecule has 0 saturated carbocycles. The van der Waals surface area contributed by atoms with Crippen LogP contribution in [0.25, 0.3) is 0 Å². The van der Waals surface area contributed by atoms with Gasteiger partial charge in [0.15, 0.2) is 9.84 Å². The molecule has 0 aromatic heterocycles. The SMILES string of the molecule is CCC(=O)CCCCS(=O)(=O)c1ccccc1. The lowest BCUT2D eigenvalue weighted by atomic mass is 10.1. The first kappa shape index (κ1) is 13.9. The van der Waals surface area contributed by atoms with E-state index < -0.39 is 9.84 Å². The molecular formula is C13H18O3S. The molecule has 0 aliphatic rings. The molecule has 0 aliphatic heterocycles. The van der Waals surface area contributed by atoms with E-state index in [1.807, 2.05) is 6.92 Å². The minimum atomic E-state index is -3.18. The van der Waals surface area contributed by atoms with Crippen LogP contribution in [-0.2, 0) is 14.6 Å². The van der Waals surface area contributed by atoms with E-state index in [1.165, 1.54) is 0 Å². The maximum Gasteiger partial charge on any atom is 0.178 e. The van der Waals surface area contributed by atoms with Crippen LogP contribution in [0.2, 0.25) is 0 Å². The second kappa shape index (κ2) is 6.55. The number of sulfone groups is 1. The van der Waals surface area contributed by atoms with Crippen LogP contribution in [0.15, 0.2) is 35.2 Å². The molecule has 17 heavy (non-hydrogen) atoms. The Balaban J connectivity index is 2.44. The molecule has 3 nitrogen and oxygen atoms in total. The van der Waals surface area contributed by atoms with Gasteiger partial charge in [-0.25, -0.2) is 8.42 Å². The summed E-state index contributed by atoms with van der Waals surface area (Å²) >= 11 is 0. The fourth-order valence-corrected chi connectivity index (χ4v) is 2.93. The molecule has 0 fully saturated rings. The summed E-state index contributed by atoms with van der Waals surface area (Å²) in [6, 6.07) is 8.43. The molecule has 94 valence electrons. The summed E-state index contributed by atoms with van der Waals surface area (Å²) in [5.74, 6) is 0.315. The molecule has 0 N–H and O–H groups in total. The fourth-order valence-electron chi connectivity index (χ4n) is 1.54. The normalized spacial score (nSPS) is 11.4. The average Bonchev–Trinajstić information content (AvgIpc) is 2.35. The zero-order valence-corrected chi connectivity index (χ0v) is 10.9. The van der Waals surface area contributed by atoms with Gasteiger partial charge in [-0.1, -0.05) is 25.1 Å². The van der Waals surface area contributed by atoms with Gasteiger partial charge in [0.1, 0.15) is 5.78 Å². The van der Waals surface area contributed by atoms with Crippen molar-refractivity contribution >= 4 is 15.6 Å². The van der Waals surface area contributed by atoms with Crippen molar-refractivity contribution in [2.75, 3.05) is 5.75 Å². The van der Waals surface area contributed by atoms with Crippen molar-refractivity contribution in [3.8, 4) is 0 Å². The van der Waals surface area contributed by atoms with Crippen molar-refractivity contribution in [3.05, 3.63) is 30.3 Å². The number of Topliss-reactive ketones (excluding diaryl/α,β-unsaturated/α-hetero) is 1. The molecule has 0 amide bonds. The fraction of sp³-hybridized carbons (Fsp3) is 0.462. The first-order valence-corrected chi connectivity index (χ1v) is 7.51. The summed E-state index contributed by atoms with van der Waals surface area (Å²) in [7, 11) is -3.18. The van der Waals surface area contributed by atoms with Gasteiger partial charge in [-0.15, -0.1) is 0 Å². The van der Waals surface area contributed by atoms with Crippen molar-refractivity contribution in [2.45, 2.75) is 37.5 Å². The Morgan fingerprint density at radius 2 is 1.76 bits per heavy atom. The number of carbonyl (C=O) groups is 1. The predicted molar refractivity (Wildman–Crippen MR) is 67.6 cm³/mol. The van der Waals surface area contributed by atoms with Crippen molar-refractivity contribution < 1.29 is 13.2 Å². The molecule has 0 spiro atoms. The number of benzene rings is 1. The van der Waals surface area contributed by atoms with Crippen molar-refractivity contribution in [1.29, 1.82) is 0 Å². The smallest absolute Gasteiger partial charge is 0.178 e. The summed E-state index contributed by atoms with van der Waals surface area (Å²) in [5.41, 5.74) is 0. The summed E-state index contributed by atoms with van der Waals surface area (Å²) in [5, 5.41) is 0. The first-order chi connectivity index (χ1) is 8.06. The Labute approximate surface area is 103 Å². The van der Waals surface area contributed by atoms with Gasteiger partial charge < -0.3 is 0 Å². The first-order valence-electron chi connectivity index (χ1n) is 5.86. The lowest BCUT2D eigenvalue weighted by Gasteiger charge is -2.03. The van der Waals surface area contributed by atoms with Gasteiger partial charge >= 0.3 is 0 Å². The van der Waals surface area contributed by atoms with E-state index in [9.17, 15) is 13.2 Å². The molecule has 1 rings (SSSR count). The molecule has 0 radical (unpaired) electrons. The largest absolute Gasteiger partial charge is 0.300 e. The Kier molecular flexibility index (Phi) is 5.35. The number of hydrogen-bond acceptors (Lipinski definition) is 3. The maximum absolute atomic E-state index is 11.9. The van der Waals surface area contributed by atoms with Crippen LogP contribution in [0, 0.1) is 0 Å². The monoisotopic (exact) mass is 254 g/mol. The van der Waals surface area contributed by atoms with Gasteiger partial charge in [-0.3, -0.25) is 4.79 Å². The number of unbranched alkanes of at least 4 members (excludes halogenated alkanes) is 1. The van der Waals surface area contributed by atoms with E-state index in [-0.39, 0.29) is 11.5 Å². The van der Waals surface area contributed by atoms with Gasteiger partial charge in [0.25, 0.3) is 0 Å². The average molecular weight is 254 g/mol. The molecule has 0 unspecified atom stereocenters. The lowest BCUT2D eigenvalue weighted by Crippen LogP contribution is -2.07. The Morgan fingerprint density at radius 1 is 1.12 bits per heavy atom. The third-order valence-electron chi connectivity index (χ3n) is 2.62. The highest BCUT2D eigenvalue weighted by Gasteiger charge is 2.13. The van der Waals surface area contributed by atoms with E-state index in [4.69, 9.17) is 0 Å². The molecule has 1 aromatic rings. The van der Waals surface area contributed by atoms with Gasteiger partial charge in [0.2, 0.25) is 0 Å². The molecule has 1 aromatic carbocycles. The Hall–Kier alpha value is -1.16. The molecular weight excluding hydrogens is 236 g/mol. The number of hydrogen-bond donors (Lipinski definition) is 0. The number of ketones is 1. The van der Waals surface area contributed by atoms with Crippen LogP contribution < -0.4 is 0 Å². The van der Waals surface area contributed by atoms with Gasteiger partial charge in [-0.05, 0) is 25.0 Å². The lowest BCUT2D eigenvalue weighted by molar-refractivity contribution is -0.118. The standard InChI is InChI=1S/C13H18O3S/c1-2-12(14)8-6-7-11-17(15,16)13-9-4-3-5-10-13/h3-5,9-10H,2,6-8,11H2,1H3. The topological polar surface area (TPSA) is 51.2 Å². The van der Waals surface area contributed by atoms with E-state index >= 15 is 0 Å². The van der Waals surface area contributed by atoms with Crippen LogP contribution in [-0.4, -0.2) is 20.0 Å². The molecule has 4 heteroatoms. The molecule has 0 heterocycles. The van der Waals surface area contributed by atoms with Crippen LogP contribution in [0.3, 0.4) is 0 Å². The van der Waals surface area contributed by atoms with Gasteiger partial charge in [0.05, 0.1) is 10.6 Å². The highest BCUT2D eigenvalue weighted by Crippen LogP contribution is 2.12. The van der Waals surface area contributed by atoms with E-state index in [1.54, 1.807) is 30.3 Å². The van der Waals surface area contributed by atoms with Crippen LogP contribution in [0.5, 0.6) is 0 Å². The van der Waals surface area contributed by atoms with Crippen LogP contribution in [0.1, 0.15) is 32.6 Å². The summed E-state index contributed by atoms with van der Waals surface area (Å²) in [4.78, 5) is 11.4. The highest BCUT2D eigenvalue weighted by molar-refractivity contribution is 7.91. The van der Waals surface area contributed by atoms with E-state index in [0.717, 1.165) is 0 Å². The van der Waals surface area contributed by atoms with Crippen molar-refractivity contribution in [1.82, 2.24) is 0 Å². The third kappa shape index (κ3) is 4.69. The minimum Gasteiger partial charge on any atom is -0.300 e. The Morgan fingerprint density at radius 3 is 2.35 bits per heavy atom. The quantitative estimate of drug-likeness (QED) is 0.703. The second-order valence-corrected chi connectivity index (χ2v) is 6.09. The Bertz CT molecular complexity index is 449. The number of rotatable bonds is 7. The van der Waals surface area contributed by atoms with E-state index in [2.05, 4.69) is 0 Å². The van der Waals surface area contributed by atoms with Crippen LogP contribution in [0.4, 0.5) is 0 Å². The van der Waals surface area contributed by atoms with Gasteiger partial charge in [0, 0.05) is 12.8 Å². The summed E-state index contributed by atoms with van der Waals surface area (Å²) in [6.45, 7) is 1.82. The maximum atomic E-state index is 11.9. The summed E-state index contributed by atoms with van der Waals surface area (Å²) in [6.07, 6.45) is 2.22. The van der Waals surface area contributed by atoms with Crippen molar-refractivity contribution in [2.24, 2.45) is 0 Å². The number of carbonyl (C=O) groups excluding carboxylic acids is 1. The minimum absolute atomic E-state index is 0.119. The molecule has 0 atom stereocenters. The van der Waals surface area contributed by atoms with Crippen LogP contribution >= 0.6 is 0 Å². The summed E-state index contributed by atoms with van der Waals surface area (Å²) < 4.78 is 23.7. The molecule has 0 aliphatic carbocycles. The third-order valence-corrected chi connectivity index (χ3v) is 4.43. The highest BCUT2D eigenvalue weighted by atomic mass is 32.2. The molecule has 0 saturated heterocycles.